The molecule has 0 fully saturated rings. The number of hydrogen-bond donors (Lipinski definition) is 2. The van der Waals surface area contributed by atoms with Crippen LogP contribution in [-0.2, 0) is 4.79 Å². The second-order valence-corrected chi connectivity index (χ2v) is 5.00. The molecule has 0 atom stereocenters. The van der Waals surface area contributed by atoms with E-state index in [-0.39, 0.29) is 23.4 Å². The number of thiol groups is 1. The Hall–Kier alpha value is -2.67. The summed E-state index contributed by atoms with van der Waals surface area (Å²) >= 11 is 3.93. The molecule has 5 nitrogen and oxygen atoms in total. The van der Waals surface area contributed by atoms with Crippen LogP contribution in [0.25, 0.3) is 22.4 Å². The van der Waals surface area contributed by atoms with E-state index in [1.165, 1.54) is 12.1 Å². The molecule has 7 heteroatoms. The van der Waals surface area contributed by atoms with Gasteiger partial charge in [-0.1, -0.05) is 5.16 Å². The fraction of sp³-hybridized carbons (Fsp3) is 0.0625. The highest BCUT2D eigenvalue weighted by molar-refractivity contribution is 7.81. The molecule has 2 heterocycles. The Labute approximate surface area is 136 Å². The van der Waals surface area contributed by atoms with Crippen molar-refractivity contribution in [3.8, 4) is 22.4 Å². The maximum absolute atomic E-state index is 13.1. The molecular weight excluding hydrogens is 317 g/mol. The van der Waals surface area contributed by atoms with E-state index in [1.54, 1.807) is 36.7 Å². The van der Waals surface area contributed by atoms with E-state index >= 15 is 0 Å². The highest BCUT2D eigenvalue weighted by Crippen LogP contribution is 2.37. The molecular formula is C16H12FN3O2S. The molecule has 0 aliphatic rings. The zero-order valence-corrected chi connectivity index (χ0v) is 12.8. The lowest BCUT2D eigenvalue weighted by Crippen LogP contribution is -2.12. The fourth-order valence-corrected chi connectivity index (χ4v) is 2.21. The van der Waals surface area contributed by atoms with Gasteiger partial charge in [0.05, 0.1) is 11.3 Å². The van der Waals surface area contributed by atoms with Crippen molar-refractivity contribution in [2.45, 2.75) is 0 Å². The number of hydrogen-bond acceptors (Lipinski definition) is 5. The summed E-state index contributed by atoms with van der Waals surface area (Å²) in [5, 5.41) is 6.64. The molecule has 0 spiro atoms. The topological polar surface area (TPSA) is 68.0 Å². The van der Waals surface area contributed by atoms with Crippen molar-refractivity contribution >= 4 is 24.4 Å². The van der Waals surface area contributed by atoms with Crippen LogP contribution in [-0.4, -0.2) is 21.8 Å². The van der Waals surface area contributed by atoms with Crippen molar-refractivity contribution in [2.24, 2.45) is 0 Å². The number of nitrogens with zero attached hydrogens (tertiary/aromatic N) is 2. The molecule has 1 aromatic carbocycles. The van der Waals surface area contributed by atoms with E-state index in [2.05, 4.69) is 28.1 Å². The monoisotopic (exact) mass is 329 g/mol. The van der Waals surface area contributed by atoms with Gasteiger partial charge in [0, 0.05) is 18.0 Å². The normalized spacial score (nSPS) is 10.5. The van der Waals surface area contributed by atoms with Crippen molar-refractivity contribution < 1.29 is 13.7 Å². The van der Waals surface area contributed by atoms with Crippen LogP contribution in [0.1, 0.15) is 0 Å². The second-order valence-electron chi connectivity index (χ2n) is 4.68. The Morgan fingerprint density at radius 3 is 2.48 bits per heavy atom. The summed E-state index contributed by atoms with van der Waals surface area (Å²) < 4.78 is 18.4. The minimum atomic E-state index is -0.341. The maximum atomic E-state index is 13.1. The van der Waals surface area contributed by atoms with Crippen molar-refractivity contribution in [1.82, 2.24) is 10.1 Å². The van der Waals surface area contributed by atoms with Gasteiger partial charge in [-0.3, -0.25) is 15.1 Å². The van der Waals surface area contributed by atoms with Crippen LogP contribution < -0.4 is 5.32 Å². The Bertz CT molecular complexity index is 819. The van der Waals surface area contributed by atoms with Crippen molar-refractivity contribution in [3.63, 3.8) is 0 Å². The molecule has 23 heavy (non-hydrogen) atoms. The number of pyridine rings is 1. The SMILES string of the molecule is O=C(CS)Nc1onc(-c2ccc(F)cc2)c1-c1ccncc1. The summed E-state index contributed by atoms with van der Waals surface area (Å²) in [5.41, 5.74) is 2.56. The third-order valence-electron chi connectivity index (χ3n) is 3.18. The molecule has 1 amide bonds. The zero-order chi connectivity index (χ0) is 16.2. The van der Waals surface area contributed by atoms with E-state index in [0.29, 0.717) is 16.8 Å². The van der Waals surface area contributed by atoms with E-state index < -0.39 is 0 Å². The molecule has 0 radical (unpaired) electrons. The van der Waals surface area contributed by atoms with Crippen molar-refractivity contribution in [3.05, 3.63) is 54.6 Å². The number of carbonyl (C=O) groups excluding carboxylic acids is 1. The van der Waals surface area contributed by atoms with Gasteiger partial charge in [0.2, 0.25) is 11.8 Å². The Balaban J connectivity index is 2.13. The number of anilines is 1. The van der Waals surface area contributed by atoms with E-state index in [1.807, 2.05) is 0 Å². The van der Waals surface area contributed by atoms with Gasteiger partial charge in [-0.05, 0) is 42.0 Å². The summed E-state index contributed by atoms with van der Waals surface area (Å²) in [6.45, 7) is 0. The van der Waals surface area contributed by atoms with Gasteiger partial charge in [0.25, 0.3) is 0 Å². The summed E-state index contributed by atoms with van der Waals surface area (Å²) in [5.74, 6) is -0.422. The Morgan fingerprint density at radius 2 is 1.83 bits per heavy atom. The lowest BCUT2D eigenvalue weighted by molar-refractivity contribution is -0.113. The minimum absolute atomic E-state index is 0.0162. The summed E-state index contributed by atoms with van der Waals surface area (Å²) in [6, 6.07) is 9.43. The third kappa shape index (κ3) is 3.24. The number of amides is 1. The highest BCUT2D eigenvalue weighted by Gasteiger charge is 2.20. The lowest BCUT2D eigenvalue weighted by Gasteiger charge is -2.05. The van der Waals surface area contributed by atoms with Crippen LogP contribution in [0.5, 0.6) is 0 Å². The molecule has 2 aromatic heterocycles. The van der Waals surface area contributed by atoms with Gasteiger partial charge >= 0.3 is 0 Å². The number of nitrogens with one attached hydrogen (secondary N) is 1. The van der Waals surface area contributed by atoms with Crippen molar-refractivity contribution in [2.75, 3.05) is 11.1 Å². The highest BCUT2D eigenvalue weighted by atomic mass is 32.1. The fourth-order valence-electron chi connectivity index (χ4n) is 2.13. The average Bonchev–Trinajstić information content (AvgIpc) is 2.99. The van der Waals surface area contributed by atoms with Gasteiger partial charge in [0.15, 0.2) is 0 Å². The first kappa shape index (κ1) is 15.2. The molecule has 3 rings (SSSR count). The number of halogens is 1. The quantitative estimate of drug-likeness (QED) is 0.720. The minimum Gasteiger partial charge on any atom is -0.337 e. The van der Waals surface area contributed by atoms with Crippen LogP contribution in [0.3, 0.4) is 0 Å². The molecule has 0 aliphatic carbocycles. The van der Waals surface area contributed by atoms with Gasteiger partial charge in [0.1, 0.15) is 11.5 Å². The predicted octanol–water partition coefficient (Wildman–Crippen LogP) is 3.41. The first-order valence-corrected chi connectivity index (χ1v) is 7.39. The summed E-state index contributed by atoms with van der Waals surface area (Å²) in [4.78, 5) is 15.6. The Morgan fingerprint density at radius 1 is 1.13 bits per heavy atom. The number of rotatable bonds is 4. The third-order valence-corrected chi connectivity index (χ3v) is 3.46. The molecule has 1 N–H and O–H groups in total. The largest absolute Gasteiger partial charge is 0.337 e. The molecule has 0 saturated carbocycles. The molecule has 3 aromatic rings. The number of benzene rings is 1. The average molecular weight is 329 g/mol. The number of carbonyl (C=O) groups is 1. The summed E-state index contributed by atoms with van der Waals surface area (Å²) in [6.07, 6.45) is 3.25. The van der Waals surface area contributed by atoms with Crippen LogP contribution in [0.4, 0.5) is 10.3 Å². The molecule has 0 aliphatic heterocycles. The number of aromatic nitrogens is 2. The molecule has 116 valence electrons. The van der Waals surface area contributed by atoms with Gasteiger partial charge in [-0.15, -0.1) is 0 Å². The standard InChI is InChI=1S/C16H12FN3O2S/c17-12-3-1-11(2-4-12)15-14(10-5-7-18-8-6-10)16(22-20-15)19-13(21)9-23/h1-8,23H,9H2,(H,19,21). The van der Waals surface area contributed by atoms with Crippen LogP contribution in [0.15, 0.2) is 53.3 Å². The zero-order valence-electron chi connectivity index (χ0n) is 11.9. The predicted molar refractivity (Wildman–Crippen MR) is 87.6 cm³/mol. The Kier molecular flexibility index (Phi) is 4.38. The van der Waals surface area contributed by atoms with E-state index in [4.69, 9.17) is 4.52 Å². The second kappa shape index (κ2) is 6.62. The van der Waals surface area contributed by atoms with E-state index in [9.17, 15) is 9.18 Å². The van der Waals surface area contributed by atoms with Crippen LogP contribution in [0.2, 0.25) is 0 Å². The molecule has 0 unspecified atom stereocenters. The lowest BCUT2D eigenvalue weighted by atomic mass is 10.0. The first-order chi connectivity index (χ1) is 11.2. The van der Waals surface area contributed by atoms with Crippen molar-refractivity contribution in [1.29, 1.82) is 0 Å². The summed E-state index contributed by atoms with van der Waals surface area (Å²) in [7, 11) is 0. The smallest absolute Gasteiger partial charge is 0.239 e. The molecule has 0 bridgehead atoms. The van der Waals surface area contributed by atoms with Gasteiger partial charge in [-0.2, -0.15) is 12.6 Å². The van der Waals surface area contributed by atoms with Gasteiger partial charge in [-0.25, -0.2) is 4.39 Å². The molecule has 0 saturated heterocycles. The van der Waals surface area contributed by atoms with Gasteiger partial charge < -0.3 is 4.52 Å². The first-order valence-electron chi connectivity index (χ1n) is 6.75. The van der Waals surface area contributed by atoms with Crippen LogP contribution >= 0.6 is 12.6 Å². The van der Waals surface area contributed by atoms with Crippen LogP contribution in [0, 0.1) is 5.82 Å². The maximum Gasteiger partial charge on any atom is 0.239 e. The van der Waals surface area contributed by atoms with E-state index in [0.717, 1.165) is 5.56 Å².